The normalized spacial score (nSPS) is 12.9. The lowest BCUT2D eigenvalue weighted by molar-refractivity contribution is -0.145. The molecule has 4 nitrogen and oxygen atoms in total. The highest BCUT2D eigenvalue weighted by Crippen LogP contribution is 2.19. The van der Waals surface area contributed by atoms with Crippen LogP contribution in [-0.2, 0) is 16.1 Å². The van der Waals surface area contributed by atoms with Gasteiger partial charge in [-0.1, -0.05) is 54.9 Å². The SMILES string of the molecule is CC(C)Cc1ccc([C@@H](C)C(=O)O/N=C(/N)c2ccc(Cl)cc2)cc1. The summed E-state index contributed by atoms with van der Waals surface area (Å²) in [5.41, 5.74) is 8.61. The molecule has 0 radical (unpaired) electrons. The molecule has 2 aromatic rings. The number of nitrogens with zero attached hydrogens (tertiary/aromatic N) is 1. The number of hydrogen-bond donors (Lipinski definition) is 1. The summed E-state index contributed by atoms with van der Waals surface area (Å²) >= 11 is 5.83. The fourth-order valence-electron chi connectivity index (χ4n) is 2.40. The molecule has 0 aromatic heterocycles. The van der Waals surface area contributed by atoms with Crippen molar-refractivity contribution in [3.8, 4) is 0 Å². The van der Waals surface area contributed by atoms with Gasteiger partial charge in [-0.3, -0.25) is 0 Å². The molecule has 0 unspecified atom stereocenters. The molecule has 132 valence electrons. The van der Waals surface area contributed by atoms with Crippen molar-refractivity contribution in [2.24, 2.45) is 16.8 Å². The van der Waals surface area contributed by atoms with Gasteiger partial charge in [0, 0.05) is 10.6 Å². The zero-order chi connectivity index (χ0) is 18.4. The average molecular weight is 359 g/mol. The molecule has 0 saturated heterocycles. The van der Waals surface area contributed by atoms with Gasteiger partial charge in [0.05, 0.1) is 5.92 Å². The molecule has 0 fully saturated rings. The maximum absolute atomic E-state index is 12.2. The maximum Gasteiger partial charge on any atom is 0.342 e. The number of halogens is 1. The fraction of sp³-hybridized carbons (Fsp3) is 0.300. The molecule has 0 saturated carbocycles. The third-order valence-electron chi connectivity index (χ3n) is 3.85. The van der Waals surface area contributed by atoms with E-state index in [4.69, 9.17) is 22.2 Å². The zero-order valence-corrected chi connectivity index (χ0v) is 15.5. The largest absolute Gasteiger partial charge is 0.380 e. The summed E-state index contributed by atoms with van der Waals surface area (Å²) in [6.07, 6.45) is 1.01. The van der Waals surface area contributed by atoms with E-state index in [2.05, 4.69) is 19.0 Å². The number of amidine groups is 1. The monoisotopic (exact) mass is 358 g/mol. The van der Waals surface area contributed by atoms with E-state index in [0.717, 1.165) is 12.0 Å². The van der Waals surface area contributed by atoms with E-state index in [1.165, 1.54) is 5.56 Å². The molecule has 0 aliphatic carbocycles. The molecule has 2 rings (SSSR count). The molecule has 0 heterocycles. The second kappa shape index (κ2) is 8.67. The third-order valence-corrected chi connectivity index (χ3v) is 4.10. The molecule has 0 aliphatic heterocycles. The topological polar surface area (TPSA) is 64.7 Å². The Balaban J connectivity index is 1.99. The standard InChI is InChI=1S/C20H23ClN2O2/c1-13(2)12-15-4-6-16(7-5-15)14(3)20(24)25-23-19(22)17-8-10-18(21)11-9-17/h4-11,13-14H,12H2,1-3H3,(H2,22,23)/t14-/m1/s1. The van der Waals surface area contributed by atoms with Crippen LogP contribution in [0.15, 0.2) is 53.7 Å². The summed E-state index contributed by atoms with van der Waals surface area (Å²) in [5, 5.41) is 4.33. The van der Waals surface area contributed by atoms with Crippen LogP contribution in [0.25, 0.3) is 0 Å². The average Bonchev–Trinajstić information content (AvgIpc) is 2.59. The van der Waals surface area contributed by atoms with Gasteiger partial charge in [0.15, 0.2) is 5.84 Å². The highest BCUT2D eigenvalue weighted by molar-refractivity contribution is 6.30. The zero-order valence-electron chi connectivity index (χ0n) is 14.7. The van der Waals surface area contributed by atoms with Gasteiger partial charge < -0.3 is 10.6 Å². The minimum atomic E-state index is -0.450. The van der Waals surface area contributed by atoms with E-state index in [1.54, 1.807) is 31.2 Å². The molecule has 0 spiro atoms. The molecule has 0 bridgehead atoms. The van der Waals surface area contributed by atoms with Crippen molar-refractivity contribution in [3.63, 3.8) is 0 Å². The number of hydrogen-bond acceptors (Lipinski definition) is 3. The first-order valence-corrected chi connectivity index (χ1v) is 8.63. The number of carbonyl (C=O) groups is 1. The van der Waals surface area contributed by atoms with Crippen LogP contribution in [0.3, 0.4) is 0 Å². The lowest BCUT2D eigenvalue weighted by atomic mass is 9.97. The molecule has 25 heavy (non-hydrogen) atoms. The minimum absolute atomic E-state index is 0.129. The second-order valence-electron chi connectivity index (χ2n) is 6.45. The lowest BCUT2D eigenvalue weighted by Gasteiger charge is -2.11. The molecule has 2 N–H and O–H groups in total. The van der Waals surface area contributed by atoms with Gasteiger partial charge in [-0.25, -0.2) is 4.79 Å². The Bertz CT molecular complexity index is 737. The smallest absolute Gasteiger partial charge is 0.342 e. The molecular weight excluding hydrogens is 336 g/mol. The van der Waals surface area contributed by atoms with Crippen LogP contribution in [0.1, 0.15) is 43.4 Å². The summed E-state index contributed by atoms with van der Waals surface area (Å²) in [7, 11) is 0. The molecule has 1 atom stereocenters. The van der Waals surface area contributed by atoms with Crippen LogP contribution in [0.2, 0.25) is 5.02 Å². The first-order valence-electron chi connectivity index (χ1n) is 8.26. The van der Waals surface area contributed by atoms with Gasteiger partial charge in [0.1, 0.15) is 0 Å². The first kappa shape index (κ1) is 19.0. The van der Waals surface area contributed by atoms with E-state index in [9.17, 15) is 4.79 Å². The van der Waals surface area contributed by atoms with Gasteiger partial charge in [0.2, 0.25) is 0 Å². The van der Waals surface area contributed by atoms with Crippen molar-refractivity contribution in [2.75, 3.05) is 0 Å². The van der Waals surface area contributed by atoms with Crippen LogP contribution in [-0.4, -0.2) is 11.8 Å². The van der Waals surface area contributed by atoms with E-state index in [0.29, 0.717) is 16.5 Å². The minimum Gasteiger partial charge on any atom is -0.380 e. The van der Waals surface area contributed by atoms with Crippen molar-refractivity contribution in [2.45, 2.75) is 33.1 Å². The fourth-order valence-corrected chi connectivity index (χ4v) is 2.52. The van der Waals surface area contributed by atoms with Gasteiger partial charge in [-0.15, -0.1) is 0 Å². The highest BCUT2D eigenvalue weighted by atomic mass is 35.5. The molecule has 0 amide bonds. The summed E-state index contributed by atoms with van der Waals surface area (Å²) in [4.78, 5) is 17.2. The van der Waals surface area contributed by atoms with Crippen LogP contribution in [0.5, 0.6) is 0 Å². The predicted octanol–water partition coefficient (Wildman–Crippen LogP) is 4.51. The van der Waals surface area contributed by atoms with E-state index < -0.39 is 11.9 Å². The second-order valence-corrected chi connectivity index (χ2v) is 6.89. The Kier molecular flexibility index (Phi) is 6.59. The molecular formula is C20H23ClN2O2. The Hall–Kier alpha value is -2.33. The first-order chi connectivity index (χ1) is 11.9. The Morgan fingerprint density at radius 3 is 2.24 bits per heavy atom. The van der Waals surface area contributed by atoms with Crippen LogP contribution >= 0.6 is 11.6 Å². The number of rotatable bonds is 6. The number of benzene rings is 2. The Labute approximate surface area is 153 Å². The summed E-state index contributed by atoms with van der Waals surface area (Å²) in [6.45, 7) is 6.14. The van der Waals surface area contributed by atoms with Crippen molar-refractivity contribution in [1.29, 1.82) is 0 Å². The van der Waals surface area contributed by atoms with Gasteiger partial charge in [-0.2, -0.15) is 0 Å². The number of nitrogens with two attached hydrogens (primary N) is 1. The Morgan fingerprint density at radius 1 is 1.08 bits per heavy atom. The summed E-state index contributed by atoms with van der Waals surface area (Å²) < 4.78 is 0. The molecule has 5 heteroatoms. The summed E-state index contributed by atoms with van der Waals surface area (Å²) in [5.74, 6) is -0.147. The third kappa shape index (κ3) is 5.61. The number of carbonyl (C=O) groups excluding carboxylic acids is 1. The van der Waals surface area contributed by atoms with E-state index >= 15 is 0 Å². The molecule has 0 aliphatic rings. The van der Waals surface area contributed by atoms with Crippen molar-refractivity contribution >= 4 is 23.4 Å². The number of oxime groups is 1. The van der Waals surface area contributed by atoms with Crippen LogP contribution < -0.4 is 5.73 Å². The van der Waals surface area contributed by atoms with Crippen molar-refractivity contribution in [3.05, 3.63) is 70.2 Å². The van der Waals surface area contributed by atoms with Gasteiger partial charge in [-0.05, 0) is 54.7 Å². The van der Waals surface area contributed by atoms with Crippen LogP contribution in [0, 0.1) is 5.92 Å². The summed E-state index contributed by atoms with van der Waals surface area (Å²) in [6, 6.07) is 14.8. The van der Waals surface area contributed by atoms with Crippen molar-refractivity contribution < 1.29 is 9.63 Å². The van der Waals surface area contributed by atoms with Crippen molar-refractivity contribution in [1.82, 2.24) is 0 Å². The lowest BCUT2D eigenvalue weighted by Crippen LogP contribution is -2.17. The highest BCUT2D eigenvalue weighted by Gasteiger charge is 2.17. The van der Waals surface area contributed by atoms with Crippen LogP contribution in [0.4, 0.5) is 0 Å². The Morgan fingerprint density at radius 2 is 1.68 bits per heavy atom. The van der Waals surface area contributed by atoms with Gasteiger partial charge in [0.25, 0.3) is 0 Å². The van der Waals surface area contributed by atoms with Gasteiger partial charge >= 0.3 is 5.97 Å². The van der Waals surface area contributed by atoms with E-state index in [1.807, 2.05) is 24.3 Å². The maximum atomic E-state index is 12.2. The van der Waals surface area contributed by atoms with E-state index in [-0.39, 0.29) is 5.84 Å². The quantitative estimate of drug-likeness (QED) is 0.357. The predicted molar refractivity (Wildman–Crippen MR) is 102 cm³/mol. The molecule has 2 aromatic carbocycles.